The van der Waals surface area contributed by atoms with Crippen LogP contribution in [0.1, 0.15) is 92.3 Å². The van der Waals surface area contributed by atoms with E-state index in [2.05, 4.69) is 45.5 Å². The Bertz CT molecular complexity index is 2170. The Kier molecular flexibility index (Phi) is 15.7. The van der Waals surface area contributed by atoms with Crippen molar-refractivity contribution in [2.75, 3.05) is 38.2 Å². The number of esters is 1. The molecule has 0 saturated heterocycles. The quantitative estimate of drug-likeness (QED) is 0.0571. The van der Waals surface area contributed by atoms with Crippen molar-refractivity contribution >= 4 is 58.7 Å². The number of rotatable bonds is 18. The van der Waals surface area contributed by atoms with Crippen LogP contribution in [0.25, 0.3) is 11.1 Å². The van der Waals surface area contributed by atoms with E-state index in [0.717, 1.165) is 40.7 Å². The summed E-state index contributed by atoms with van der Waals surface area (Å²) in [4.78, 5) is 65.6. The number of hydrogen-bond donors (Lipinski definition) is 4. The van der Waals surface area contributed by atoms with Gasteiger partial charge < -0.3 is 35.5 Å². The van der Waals surface area contributed by atoms with Gasteiger partial charge >= 0.3 is 12.1 Å². The summed E-state index contributed by atoms with van der Waals surface area (Å²) in [6, 6.07) is 27.1. The number of hydrogen-bond acceptors (Lipinski definition) is 8. The highest BCUT2D eigenvalue weighted by molar-refractivity contribution is 6.40. The van der Waals surface area contributed by atoms with E-state index >= 15 is 0 Å². The van der Waals surface area contributed by atoms with Crippen molar-refractivity contribution in [3.63, 3.8) is 0 Å². The summed E-state index contributed by atoms with van der Waals surface area (Å²) in [7, 11) is 0. The van der Waals surface area contributed by atoms with Crippen LogP contribution in [0.2, 0.25) is 10.0 Å². The Morgan fingerprint density at radius 1 is 0.774 bits per heavy atom. The lowest BCUT2D eigenvalue weighted by atomic mass is 9.81. The average Bonchev–Trinajstić information content (AvgIpc) is 3.84. The number of amides is 4. The van der Waals surface area contributed by atoms with Gasteiger partial charge in [-0.1, -0.05) is 103 Å². The third-order valence-corrected chi connectivity index (χ3v) is 11.8. The molecule has 6 rings (SSSR count). The molecule has 0 spiro atoms. The highest BCUT2D eigenvalue weighted by atomic mass is 35.5. The summed E-state index contributed by atoms with van der Waals surface area (Å²) < 4.78 is 16.9. The molecular weight excluding hydrogens is 831 g/mol. The van der Waals surface area contributed by atoms with Crippen LogP contribution in [0.3, 0.4) is 0 Å². The van der Waals surface area contributed by atoms with Crippen LogP contribution >= 0.6 is 23.2 Å². The highest BCUT2D eigenvalue weighted by Crippen LogP contribution is 2.45. The lowest BCUT2D eigenvalue weighted by Crippen LogP contribution is -2.51. The minimum atomic E-state index is -0.980. The van der Waals surface area contributed by atoms with E-state index in [0.29, 0.717) is 24.9 Å². The summed E-state index contributed by atoms with van der Waals surface area (Å²) in [6.45, 7) is 6.39. The van der Waals surface area contributed by atoms with Gasteiger partial charge in [-0.25, -0.2) is 9.59 Å². The second-order valence-corrected chi connectivity index (χ2v) is 17.5. The second kappa shape index (κ2) is 21.1. The van der Waals surface area contributed by atoms with Crippen molar-refractivity contribution in [2.45, 2.75) is 83.3 Å². The number of alkyl carbamates (subject to hydrolysis) is 1. The molecule has 4 N–H and O–H groups in total. The molecule has 328 valence electrons. The lowest BCUT2D eigenvalue weighted by Gasteiger charge is -2.31. The van der Waals surface area contributed by atoms with E-state index < -0.39 is 35.0 Å². The van der Waals surface area contributed by atoms with Crippen LogP contribution in [0.15, 0.2) is 91.0 Å². The first-order valence-corrected chi connectivity index (χ1v) is 21.8. The summed E-state index contributed by atoms with van der Waals surface area (Å²) in [5.41, 5.74) is 4.44. The number of benzene rings is 4. The van der Waals surface area contributed by atoms with E-state index in [1.807, 2.05) is 24.3 Å². The van der Waals surface area contributed by atoms with Gasteiger partial charge in [0.05, 0.1) is 34.2 Å². The highest BCUT2D eigenvalue weighted by Gasteiger charge is 2.42. The molecule has 62 heavy (non-hydrogen) atoms. The molecule has 0 aliphatic heterocycles. The van der Waals surface area contributed by atoms with Gasteiger partial charge in [-0.15, -0.1) is 0 Å². The van der Waals surface area contributed by atoms with Crippen LogP contribution < -0.4 is 21.3 Å². The molecule has 0 aromatic heterocycles. The molecule has 2 aliphatic carbocycles. The first-order valence-electron chi connectivity index (χ1n) is 21.0. The van der Waals surface area contributed by atoms with E-state index in [1.165, 1.54) is 0 Å². The van der Waals surface area contributed by atoms with E-state index in [1.54, 1.807) is 63.2 Å². The zero-order chi connectivity index (χ0) is 44.3. The Balaban J connectivity index is 0.926. The summed E-state index contributed by atoms with van der Waals surface area (Å²) >= 11 is 12.4. The molecule has 1 atom stereocenters. The molecule has 1 saturated carbocycles. The van der Waals surface area contributed by atoms with Crippen molar-refractivity contribution in [1.82, 2.24) is 16.0 Å². The van der Waals surface area contributed by atoms with Crippen LogP contribution in [-0.4, -0.2) is 74.3 Å². The van der Waals surface area contributed by atoms with Gasteiger partial charge in [0, 0.05) is 37.5 Å². The van der Waals surface area contributed by atoms with Crippen molar-refractivity contribution in [1.29, 1.82) is 0 Å². The van der Waals surface area contributed by atoms with Crippen LogP contribution in [0, 0.1) is 5.41 Å². The Hall–Kier alpha value is -5.43. The Morgan fingerprint density at radius 2 is 1.40 bits per heavy atom. The number of ether oxygens (including phenoxy) is 3. The van der Waals surface area contributed by atoms with Crippen molar-refractivity contribution < 1.29 is 38.2 Å². The van der Waals surface area contributed by atoms with Gasteiger partial charge in [0.15, 0.2) is 0 Å². The fourth-order valence-electron chi connectivity index (χ4n) is 8.06. The minimum absolute atomic E-state index is 0.0309. The van der Waals surface area contributed by atoms with E-state index in [4.69, 9.17) is 37.4 Å². The largest absolute Gasteiger partial charge is 0.458 e. The van der Waals surface area contributed by atoms with Crippen molar-refractivity contribution in [3.8, 4) is 11.1 Å². The molecule has 1 fully saturated rings. The van der Waals surface area contributed by atoms with E-state index in [-0.39, 0.29) is 79.1 Å². The maximum Gasteiger partial charge on any atom is 0.407 e. The van der Waals surface area contributed by atoms with Crippen LogP contribution in [-0.2, 0) is 35.0 Å². The standard InChI is InChI=1S/C48H54Cl2N4O8/c1-47(2,3)62-44(57)40(29-31-17-19-32(20-18-31)53-43(56)42-38(49)15-10-16-39(42)50)54-45(58)48(22-8-9-23-48)24-25-51-41(55)21-27-60-28-26-52-46(59)61-30-37-35-13-6-4-11-33(35)34-12-5-7-14-36(34)37/h4-7,10-20,37,40H,8-9,21-30H2,1-3H3,(H,51,55)(H,52,59)(H,53,56)(H,54,58)/t40-/m0/s1. The molecule has 0 bridgehead atoms. The molecule has 0 unspecified atom stereocenters. The van der Waals surface area contributed by atoms with Gasteiger partial charge in [-0.2, -0.15) is 0 Å². The number of fused-ring (bicyclic) bond motifs is 3. The monoisotopic (exact) mass is 884 g/mol. The average molecular weight is 886 g/mol. The molecule has 0 heterocycles. The maximum atomic E-state index is 14.0. The second-order valence-electron chi connectivity index (χ2n) is 16.7. The zero-order valence-corrected chi connectivity index (χ0v) is 36.8. The van der Waals surface area contributed by atoms with Gasteiger partial charge in [0.2, 0.25) is 11.8 Å². The smallest absolute Gasteiger partial charge is 0.407 e. The SMILES string of the molecule is CC(C)(C)OC(=O)[C@H](Cc1ccc(NC(=O)c2c(Cl)cccc2Cl)cc1)NC(=O)C1(CCNC(=O)CCOCCNC(=O)OCC2c3ccccc3-c3ccccc32)CCCC1. The lowest BCUT2D eigenvalue weighted by molar-refractivity contribution is -0.159. The maximum absolute atomic E-state index is 14.0. The molecule has 0 radical (unpaired) electrons. The van der Waals surface area contributed by atoms with Crippen LogP contribution in [0.5, 0.6) is 0 Å². The topological polar surface area (TPSA) is 161 Å². The van der Waals surface area contributed by atoms with Gasteiger partial charge in [-0.3, -0.25) is 14.4 Å². The zero-order valence-electron chi connectivity index (χ0n) is 35.3. The predicted molar refractivity (Wildman–Crippen MR) is 239 cm³/mol. The minimum Gasteiger partial charge on any atom is -0.458 e. The third kappa shape index (κ3) is 12.1. The molecule has 4 amide bonds. The Morgan fingerprint density at radius 3 is 2.03 bits per heavy atom. The number of halogens is 2. The number of carbonyl (C=O) groups is 5. The molecule has 4 aromatic carbocycles. The first-order chi connectivity index (χ1) is 29.7. The van der Waals surface area contributed by atoms with E-state index in [9.17, 15) is 24.0 Å². The molecular formula is C48H54Cl2N4O8. The van der Waals surface area contributed by atoms with Gasteiger partial charge in [0.25, 0.3) is 5.91 Å². The summed E-state index contributed by atoms with van der Waals surface area (Å²) in [6.07, 6.45) is 3.08. The fourth-order valence-corrected chi connectivity index (χ4v) is 8.63. The van der Waals surface area contributed by atoms with Gasteiger partial charge in [0.1, 0.15) is 18.2 Å². The molecule has 2 aliphatic rings. The van der Waals surface area contributed by atoms with Crippen molar-refractivity contribution in [3.05, 3.63) is 123 Å². The van der Waals surface area contributed by atoms with Crippen LogP contribution in [0.4, 0.5) is 10.5 Å². The third-order valence-electron chi connectivity index (χ3n) is 11.1. The van der Waals surface area contributed by atoms with Gasteiger partial charge in [-0.05, 0) is 92.1 Å². The first kappa shape index (κ1) is 46.1. The normalized spacial score (nSPS) is 14.5. The fraction of sp³-hybridized carbons (Fsp3) is 0.396. The molecule has 12 nitrogen and oxygen atoms in total. The molecule has 14 heteroatoms. The number of carbonyl (C=O) groups excluding carboxylic acids is 5. The number of anilines is 1. The van der Waals surface area contributed by atoms with Crippen molar-refractivity contribution in [2.24, 2.45) is 5.41 Å². The molecule has 4 aromatic rings. The number of nitrogens with one attached hydrogen (secondary N) is 4. The Labute approximate surface area is 372 Å². The predicted octanol–water partition coefficient (Wildman–Crippen LogP) is 8.63. The summed E-state index contributed by atoms with van der Waals surface area (Å²) in [5.74, 6) is -1.53. The summed E-state index contributed by atoms with van der Waals surface area (Å²) in [5, 5.41) is 11.9.